The highest BCUT2D eigenvalue weighted by Gasteiger charge is 2.45. The van der Waals surface area contributed by atoms with Crippen molar-refractivity contribution < 1.29 is 44.6 Å². The fourth-order valence-corrected chi connectivity index (χ4v) is 5.69. The van der Waals surface area contributed by atoms with Crippen molar-refractivity contribution in [2.24, 2.45) is 16.5 Å². The first-order valence-corrected chi connectivity index (χ1v) is 14.8. The van der Waals surface area contributed by atoms with Crippen molar-refractivity contribution in [3.63, 3.8) is 0 Å². The van der Waals surface area contributed by atoms with Crippen LogP contribution in [0.4, 0.5) is 19.0 Å². The van der Waals surface area contributed by atoms with Gasteiger partial charge in [0.15, 0.2) is 0 Å². The van der Waals surface area contributed by atoms with Crippen molar-refractivity contribution in [1.29, 1.82) is 0 Å². The van der Waals surface area contributed by atoms with Gasteiger partial charge in [0.05, 0.1) is 19.0 Å². The lowest BCUT2D eigenvalue weighted by molar-refractivity contribution is -0.192. The molecule has 0 amide bonds. The average molecular weight is 575 g/mol. The number of pyridine rings is 1. The standard InChI is InChI=1S/C19H32N4O5S2.C2HF3O2/c1-15-11-18(21-13-16-3-2-4-19(12-16)5-6-19)22-14-17(15)30(26,27)23-7-8-28-9-10-29(20,24)25;3-2(4,5)1(6)7/h11,14,16,23H,2-10,12-13H2,1H3,(H,21,22)(H2,20,24,25);(H,6,7). The average Bonchev–Trinajstić information content (AvgIpc) is 3.51. The number of hydrogen-bond donors (Lipinski definition) is 4. The van der Waals surface area contributed by atoms with Gasteiger partial charge >= 0.3 is 12.1 Å². The van der Waals surface area contributed by atoms with Gasteiger partial charge in [-0.3, -0.25) is 0 Å². The van der Waals surface area contributed by atoms with Crippen LogP contribution in [0.1, 0.15) is 44.1 Å². The molecule has 1 aromatic rings. The summed E-state index contributed by atoms with van der Waals surface area (Å²) >= 11 is 0. The predicted molar refractivity (Wildman–Crippen MR) is 129 cm³/mol. The molecule has 2 aliphatic rings. The number of halogens is 3. The predicted octanol–water partition coefficient (Wildman–Crippen LogP) is 1.99. The number of anilines is 1. The number of hydrogen-bond acceptors (Lipinski definition) is 8. The van der Waals surface area contributed by atoms with Gasteiger partial charge in [-0.15, -0.1) is 0 Å². The molecule has 37 heavy (non-hydrogen) atoms. The maximum atomic E-state index is 12.5. The Labute approximate surface area is 214 Å². The fraction of sp³-hybridized carbons (Fsp3) is 0.714. The molecule has 11 nitrogen and oxygen atoms in total. The minimum atomic E-state index is -5.08. The molecule has 0 saturated heterocycles. The highest BCUT2D eigenvalue weighted by Crippen LogP contribution is 2.57. The number of aromatic nitrogens is 1. The first kappa shape index (κ1) is 31.2. The molecule has 5 N–H and O–H groups in total. The Balaban J connectivity index is 0.000000604. The summed E-state index contributed by atoms with van der Waals surface area (Å²) in [6, 6.07) is 1.76. The maximum Gasteiger partial charge on any atom is 0.490 e. The van der Waals surface area contributed by atoms with Crippen LogP contribution in [0.2, 0.25) is 0 Å². The van der Waals surface area contributed by atoms with Gasteiger partial charge in [-0.2, -0.15) is 13.2 Å². The molecule has 16 heteroatoms. The number of aliphatic carboxylic acids is 1. The number of rotatable bonds is 11. The molecule has 2 fully saturated rings. The summed E-state index contributed by atoms with van der Waals surface area (Å²) < 4.78 is 85.9. The number of nitrogens with one attached hydrogen (secondary N) is 2. The SMILES string of the molecule is Cc1cc(NCC2CCCC3(CC3)C2)ncc1S(=O)(=O)NCCOCCS(N)(=O)=O.O=C(O)C(F)(F)F. The number of nitrogens with zero attached hydrogens (tertiary/aromatic N) is 1. The number of ether oxygens (including phenoxy) is 1. The van der Waals surface area contributed by atoms with Crippen LogP contribution >= 0.6 is 0 Å². The largest absolute Gasteiger partial charge is 0.490 e. The lowest BCUT2D eigenvalue weighted by atomic mass is 9.79. The Kier molecular flexibility index (Phi) is 10.7. The van der Waals surface area contributed by atoms with E-state index in [1.807, 2.05) is 0 Å². The molecule has 0 aromatic carbocycles. The Morgan fingerprint density at radius 3 is 2.43 bits per heavy atom. The number of carboxylic acids is 1. The molecular formula is C21H33F3N4O7S2. The molecule has 1 unspecified atom stereocenters. The fourth-order valence-electron chi connectivity index (χ4n) is 4.16. The Morgan fingerprint density at radius 1 is 1.24 bits per heavy atom. The molecule has 0 radical (unpaired) electrons. The van der Waals surface area contributed by atoms with E-state index in [9.17, 15) is 30.0 Å². The van der Waals surface area contributed by atoms with E-state index in [0.29, 0.717) is 22.7 Å². The van der Waals surface area contributed by atoms with Crippen LogP contribution in [0.5, 0.6) is 0 Å². The van der Waals surface area contributed by atoms with Crippen LogP contribution in [0.3, 0.4) is 0 Å². The van der Waals surface area contributed by atoms with Crippen LogP contribution < -0.4 is 15.2 Å². The smallest absolute Gasteiger partial charge is 0.475 e. The number of sulfonamides is 2. The number of aryl methyl sites for hydroxylation is 1. The molecular weight excluding hydrogens is 541 g/mol. The van der Waals surface area contributed by atoms with Gasteiger partial charge in [0.1, 0.15) is 10.7 Å². The number of carbonyl (C=O) groups is 1. The van der Waals surface area contributed by atoms with E-state index in [0.717, 1.165) is 6.54 Å². The second kappa shape index (κ2) is 12.7. The number of primary sulfonamides is 1. The second-order valence-corrected chi connectivity index (χ2v) is 12.8. The van der Waals surface area contributed by atoms with Crippen molar-refractivity contribution >= 4 is 31.8 Å². The van der Waals surface area contributed by atoms with Crippen LogP contribution in [0, 0.1) is 18.3 Å². The quantitative estimate of drug-likeness (QED) is 0.288. The summed E-state index contributed by atoms with van der Waals surface area (Å²) in [5.41, 5.74) is 1.23. The summed E-state index contributed by atoms with van der Waals surface area (Å²) in [6.45, 7) is 2.60. The second-order valence-electron chi connectivity index (χ2n) is 9.36. The van der Waals surface area contributed by atoms with E-state index in [4.69, 9.17) is 19.8 Å². The highest BCUT2D eigenvalue weighted by atomic mass is 32.2. The summed E-state index contributed by atoms with van der Waals surface area (Å²) in [6.07, 6.45) is 4.23. The van der Waals surface area contributed by atoms with Crippen LogP contribution in [0.15, 0.2) is 17.2 Å². The summed E-state index contributed by atoms with van der Waals surface area (Å²) in [4.78, 5) is 13.3. The van der Waals surface area contributed by atoms with Crippen molar-refractivity contribution in [1.82, 2.24) is 9.71 Å². The van der Waals surface area contributed by atoms with Crippen molar-refractivity contribution in [2.75, 3.05) is 37.4 Å². The molecule has 2 saturated carbocycles. The maximum absolute atomic E-state index is 12.5. The lowest BCUT2D eigenvalue weighted by Crippen LogP contribution is -2.29. The van der Waals surface area contributed by atoms with Crippen LogP contribution in [0.25, 0.3) is 0 Å². The number of alkyl halides is 3. The zero-order chi connectivity index (χ0) is 27.9. The van der Waals surface area contributed by atoms with Gasteiger partial charge in [0, 0.05) is 19.3 Å². The molecule has 2 aliphatic carbocycles. The molecule has 3 rings (SSSR count). The molecule has 212 valence electrons. The third kappa shape index (κ3) is 11.1. The minimum absolute atomic E-state index is 0.0236. The molecule has 0 bridgehead atoms. The monoisotopic (exact) mass is 574 g/mol. The minimum Gasteiger partial charge on any atom is -0.475 e. The molecule has 1 aromatic heterocycles. The Morgan fingerprint density at radius 2 is 1.89 bits per heavy atom. The van der Waals surface area contributed by atoms with E-state index in [1.54, 1.807) is 13.0 Å². The zero-order valence-corrected chi connectivity index (χ0v) is 22.0. The first-order chi connectivity index (χ1) is 17.0. The van der Waals surface area contributed by atoms with Gasteiger partial charge in [0.2, 0.25) is 20.0 Å². The molecule has 1 heterocycles. The normalized spacial score (nSPS) is 19.1. The third-order valence-corrected chi connectivity index (χ3v) is 8.54. The van der Waals surface area contributed by atoms with Gasteiger partial charge in [-0.05, 0) is 62.0 Å². The van der Waals surface area contributed by atoms with E-state index in [2.05, 4.69) is 15.0 Å². The number of carboxylic acid groups (broad SMARTS) is 1. The highest BCUT2D eigenvalue weighted by molar-refractivity contribution is 7.89. The van der Waals surface area contributed by atoms with E-state index < -0.39 is 32.2 Å². The molecule has 1 spiro atoms. The molecule has 0 aliphatic heterocycles. The topological polar surface area (TPSA) is 178 Å². The Hall–Kier alpha value is -2.01. The van der Waals surface area contributed by atoms with Crippen molar-refractivity contribution in [3.05, 3.63) is 17.8 Å². The van der Waals surface area contributed by atoms with Crippen LogP contribution in [-0.2, 0) is 29.6 Å². The Bertz CT molecular complexity index is 1140. The summed E-state index contributed by atoms with van der Waals surface area (Å²) in [5, 5.41) is 15.4. The third-order valence-electron chi connectivity index (χ3n) is 6.22. The van der Waals surface area contributed by atoms with Crippen molar-refractivity contribution in [3.8, 4) is 0 Å². The van der Waals surface area contributed by atoms with Gasteiger partial charge in [-0.25, -0.2) is 36.5 Å². The van der Waals surface area contributed by atoms with E-state index in [1.165, 1.54) is 44.7 Å². The van der Waals surface area contributed by atoms with Gasteiger partial charge in [0.25, 0.3) is 0 Å². The van der Waals surface area contributed by atoms with Gasteiger partial charge in [-0.1, -0.05) is 6.42 Å². The zero-order valence-electron chi connectivity index (χ0n) is 20.4. The van der Waals surface area contributed by atoms with E-state index in [-0.39, 0.29) is 30.4 Å². The van der Waals surface area contributed by atoms with Crippen molar-refractivity contribution in [2.45, 2.75) is 56.5 Å². The van der Waals surface area contributed by atoms with Crippen LogP contribution in [-0.4, -0.2) is 71.1 Å². The van der Waals surface area contributed by atoms with E-state index >= 15 is 0 Å². The van der Waals surface area contributed by atoms with Gasteiger partial charge < -0.3 is 15.2 Å². The summed E-state index contributed by atoms with van der Waals surface area (Å²) in [5.74, 6) is -1.72. The summed E-state index contributed by atoms with van der Waals surface area (Å²) in [7, 11) is -7.31. The molecule has 1 atom stereocenters. The number of nitrogens with two attached hydrogens (primary N) is 1. The lowest BCUT2D eigenvalue weighted by Gasteiger charge is -2.29. The first-order valence-electron chi connectivity index (χ1n) is 11.6.